The molecule has 48 heavy (non-hydrogen) atoms. The number of pyridine rings is 2. The number of esters is 1. The van der Waals surface area contributed by atoms with Gasteiger partial charge in [-0.1, -0.05) is 24.3 Å². The molecule has 238 valence electrons. The van der Waals surface area contributed by atoms with E-state index in [2.05, 4.69) is 31.3 Å². The fourth-order valence-electron chi connectivity index (χ4n) is 4.14. The molecule has 0 spiro atoms. The smallest absolute Gasteiger partial charge is 0.360 e. The van der Waals surface area contributed by atoms with Crippen LogP contribution in [0.1, 0.15) is 39.0 Å². The molecule has 0 radical (unpaired) electrons. The number of ether oxygens (including phenoxy) is 1. The first-order chi connectivity index (χ1) is 23.1. The number of aromatic nitrogens is 4. The van der Waals surface area contributed by atoms with Crippen molar-refractivity contribution in [1.29, 1.82) is 10.5 Å². The maximum Gasteiger partial charge on any atom is 0.360 e. The van der Waals surface area contributed by atoms with Gasteiger partial charge in [0.2, 0.25) is 0 Å². The van der Waals surface area contributed by atoms with Crippen molar-refractivity contribution >= 4 is 61.0 Å². The van der Waals surface area contributed by atoms with Gasteiger partial charge >= 0.3 is 11.9 Å². The molecule has 0 unspecified atom stereocenters. The van der Waals surface area contributed by atoms with Gasteiger partial charge in [-0.2, -0.15) is 10.5 Å². The monoisotopic (exact) mass is 679 g/mol. The first-order valence-corrected chi connectivity index (χ1v) is 15.4. The van der Waals surface area contributed by atoms with Crippen LogP contribution in [0.3, 0.4) is 0 Å². The van der Waals surface area contributed by atoms with Crippen molar-refractivity contribution in [3.05, 3.63) is 83.4 Å². The van der Waals surface area contributed by atoms with Crippen LogP contribution in [0.15, 0.2) is 60.9 Å². The van der Waals surface area contributed by atoms with E-state index in [1.54, 1.807) is 55.5 Å². The van der Waals surface area contributed by atoms with E-state index < -0.39 is 24.4 Å². The van der Waals surface area contributed by atoms with Gasteiger partial charge in [0, 0.05) is 11.1 Å². The van der Waals surface area contributed by atoms with Crippen LogP contribution in [0.25, 0.3) is 41.6 Å². The third-order valence-corrected chi connectivity index (χ3v) is 8.68. The van der Waals surface area contributed by atoms with Crippen LogP contribution in [0, 0.1) is 22.7 Å². The normalized spacial score (nSPS) is 10.4. The zero-order valence-corrected chi connectivity index (χ0v) is 26.3. The summed E-state index contributed by atoms with van der Waals surface area (Å²) in [5.41, 5.74) is 3.20. The SMILES string of the molecule is CCOC(=O)c1ncc2nc(-c3ccc(C#N)cc3)sc2c1O.N#Cc1ccc(-c2nc3cnc(C(=O)NCC(=O)O)c(O)c3s2)cc1. The highest BCUT2D eigenvalue weighted by Crippen LogP contribution is 2.38. The lowest BCUT2D eigenvalue weighted by Gasteiger charge is -2.03. The first-order valence-electron chi connectivity index (χ1n) is 13.8. The molecule has 6 rings (SSSR count). The molecule has 0 aliphatic heterocycles. The summed E-state index contributed by atoms with van der Waals surface area (Å²) in [6.07, 6.45) is 2.78. The third kappa shape index (κ3) is 7.00. The minimum absolute atomic E-state index is 0.116. The van der Waals surface area contributed by atoms with E-state index in [9.17, 15) is 24.6 Å². The van der Waals surface area contributed by atoms with Crippen LogP contribution in [-0.2, 0) is 9.53 Å². The molecule has 4 N–H and O–H groups in total. The van der Waals surface area contributed by atoms with E-state index in [-0.39, 0.29) is 29.5 Å². The number of nitriles is 2. The van der Waals surface area contributed by atoms with Gasteiger partial charge < -0.3 is 25.4 Å². The lowest BCUT2D eigenvalue weighted by atomic mass is 10.1. The lowest BCUT2D eigenvalue weighted by molar-refractivity contribution is -0.135. The van der Waals surface area contributed by atoms with Crippen molar-refractivity contribution in [2.75, 3.05) is 13.2 Å². The summed E-state index contributed by atoms with van der Waals surface area (Å²) < 4.78 is 5.71. The van der Waals surface area contributed by atoms with E-state index in [0.29, 0.717) is 41.6 Å². The summed E-state index contributed by atoms with van der Waals surface area (Å²) in [6, 6.07) is 17.8. The fraction of sp³-hybridized carbons (Fsp3) is 0.0938. The van der Waals surface area contributed by atoms with Crippen LogP contribution in [0.5, 0.6) is 11.5 Å². The van der Waals surface area contributed by atoms with Gasteiger partial charge in [0.1, 0.15) is 37.0 Å². The maximum absolute atomic E-state index is 11.9. The van der Waals surface area contributed by atoms with E-state index in [1.807, 2.05) is 6.07 Å². The summed E-state index contributed by atoms with van der Waals surface area (Å²) in [7, 11) is 0. The Kier molecular flexibility index (Phi) is 9.80. The van der Waals surface area contributed by atoms with E-state index in [0.717, 1.165) is 11.1 Å². The Balaban J connectivity index is 0.000000188. The highest BCUT2D eigenvalue weighted by atomic mass is 32.1. The third-order valence-electron chi connectivity index (χ3n) is 6.42. The number of nitrogens with one attached hydrogen (secondary N) is 1. The maximum atomic E-state index is 11.9. The van der Waals surface area contributed by atoms with Crippen molar-refractivity contribution in [2.24, 2.45) is 0 Å². The molecule has 1 amide bonds. The quantitative estimate of drug-likeness (QED) is 0.165. The molecule has 0 atom stereocenters. The number of aliphatic carboxylic acids is 1. The number of aromatic hydroxyl groups is 2. The molecule has 4 heterocycles. The van der Waals surface area contributed by atoms with E-state index >= 15 is 0 Å². The molecule has 0 aliphatic rings. The molecule has 16 heteroatoms. The number of carboxylic acids is 1. The molecule has 14 nitrogen and oxygen atoms in total. The Morgan fingerprint density at radius 3 is 1.69 bits per heavy atom. The van der Waals surface area contributed by atoms with Crippen LogP contribution in [-0.4, -0.2) is 66.3 Å². The summed E-state index contributed by atoms with van der Waals surface area (Å²) in [5, 5.41) is 50.2. The first kappa shape index (κ1) is 32.9. The topological polar surface area (TPSA) is 232 Å². The lowest BCUT2D eigenvalue weighted by Crippen LogP contribution is -2.29. The second-order valence-electron chi connectivity index (χ2n) is 9.55. The molecule has 0 aliphatic carbocycles. The molecular formula is C32H21N7O7S2. The number of fused-ring (bicyclic) bond motifs is 2. The van der Waals surface area contributed by atoms with Gasteiger partial charge in [-0.05, 0) is 31.2 Å². The Labute approximate surface area is 278 Å². The predicted molar refractivity (Wildman–Crippen MR) is 174 cm³/mol. The summed E-state index contributed by atoms with van der Waals surface area (Å²) in [6.45, 7) is 1.32. The Morgan fingerprint density at radius 2 is 1.25 bits per heavy atom. The van der Waals surface area contributed by atoms with Crippen molar-refractivity contribution < 1.29 is 34.4 Å². The average Bonchev–Trinajstić information content (AvgIpc) is 3.74. The van der Waals surface area contributed by atoms with Crippen molar-refractivity contribution in [3.8, 4) is 44.8 Å². The Hall–Kier alpha value is -6.49. The molecule has 0 bridgehead atoms. The molecule has 6 aromatic rings. The number of rotatable bonds is 7. The summed E-state index contributed by atoms with van der Waals surface area (Å²) >= 11 is 2.41. The number of nitrogens with zero attached hydrogens (tertiary/aromatic N) is 6. The number of carbonyl (C=O) groups excluding carboxylic acids is 2. The van der Waals surface area contributed by atoms with Gasteiger partial charge in [0.15, 0.2) is 22.9 Å². The second-order valence-corrected chi connectivity index (χ2v) is 11.6. The highest BCUT2D eigenvalue weighted by Gasteiger charge is 2.21. The number of amides is 1. The van der Waals surface area contributed by atoms with Crippen LogP contribution in [0.2, 0.25) is 0 Å². The van der Waals surface area contributed by atoms with Crippen LogP contribution < -0.4 is 5.32 Å². The average molecular weight is 680 g/mol. The summed E-state index contributed by atoms with van der Waals surface area (Å²) in [4.78, 5) is 50.8. The van der Waals surface area contributed by atoms with Crippen LogP contribution >= 0.6 is 22.7 Å². The summed E-state index contributed by atoms with van der Waals surface area (Å²) in [5.74, 6) is -3.22. The number of benzene rings is 2. The zero-order chi connectivity index (χ0) is 34.4. The van der Waals surface area contributed by atoms with Crippen molar-refractivity contribution in [2.45, 2.75) is 6.92 Å². The largest absolute Gasteiger partial charge is 0.504 e. The van der Waals surface area contributed by atoms with Crippen molar-refractivity contribution in [1.82, 2.24) is 25.3 Å². The standard InChI is InChI=1S/C16H10N4O4S.C16H11N3O3S/c17-5-8-1-3-9(4-2-8)16-20-10-6-18-12(13(23)14(10)25-16)15(24)19-7-11(21)22;1-2-22-16(21)12-13(20)14-11(8-18-12)19-15(23-14)10-5-3-9(7-17)4-6-10/h1-4,6,23H,7H2,(H,19,24)(H,21,22);3-6,8,20H,2H2,1H3. The van der Waals surface area contributed by atoms with Gasteiger partial charge in [0.25, 0.3) is 5.91 Å². The second kappa shape index (κ2) is 14.3. The van der Waals surface area contributed by atoms with Gasteiger partial charge in [-0.25, -0.2) is 24.7 Å². The molecule has 4 aromatic heterocycles. The number of carbonyl (C=O) groups is 3. The zero-order valence-electron chi connectivity index (χ0n) is 24.7. The minimum Gasteiger partial charge on any atom is -0.504 e. The highest BCUT2D eigenvalue weighted by molar-refractivity contribution is 7.22. The van der Waals surface area contributed by atoms with Crippen LogP contribution in [0.4, 0.5) is 0 Å². The van der Waals surface area contributed by atoms with E-state index in [1.165, 1.54) is 35.1 Å². The molecule has 0 saturated carbocycles. The molecule has 0 fully saturated rings. The number of hydrogen-bond acceptors (Lipinski definition) is 14. The predicted octanol–water partition coefficient (Wildman–Crippen LogP) is 4.86. The molecular weight excluding hydrogens is 659 g/mol. The van der Waals surface area contributed by atoms with Gasteiger partial charge in [-0.15, -0.1) is 22.7 Å². The Bertz CT molecular complexity index is 2270. The number of thiazole rings is 2. The van der Waals surface area contributed by atoms with E-state index in [4.69, 9.17) is 20.4 Å². The number of carboxylic acid groups (broad SMARTS) is 1. The molecule has 0 saturated heterocycles. The minimum atomic E-state index is -1.20. The molecule has 2 aromatic carbocycles. The number of hydrogen-bond donors (Lipinski definition) is 4. The Morgan fingerprint density at radius 1 is 0.792 bits per heavy atom. The van der Waals surface area contributed by atoms with Crippen molar-refractivity contribution in [3.63, 3.8) is 0 Å². The fourth-order valence-corrected chi connectivity index (χ4v) is 6.12. The van der Waals surface area contributed by atoms with Gasteiger partial charge in [0.05, 0.1) is 42.3 Å². The van der Waals surface area contributed by atoms with Gasteiger partial charge in [-0.3, -0.25) is 9.59 Å².